The first kappa shape index (κ1) is 14.5. The van der Waals surface area contributed by atoms with Gasteiger partial charge in [0.1, 0.15) is 12.2 Å². The molecule has 0 amide bonds. The highest BCUT2D eigenvalue weighted by atomic mass is 15.3. The van der Waals surface area contributed by atoms with Crippen LogP contribution in [0.2, 0.25) is 0 Å². The molecule has 0 aliphatic heterocycles. The van der Waals surface area contributed by atoms with Gasteiger partial charge in [-0.05, 0) is 6.42 Å². The van der Waals surface area contributed by atoms with E-state index in [0.29, 0.717) is 0 Å². The maximum Gasteiger partial charge on any atom is 0.191 e. The van der Waals surface area contributed by atoms with Crippen LogP contribution in [0.4, 0.5) is 0 Å². The second-order valence-corrected chi connectivity index (χ2v) is 4.07. The first-order valence-electron chi connectivity index (χ1n) is 6.63. The van der Waals surface area contributed by atoms with Crippen molar-refractivity contribution >= 4 is 5.96 Å². The van der Waals surface area contributed by atoms with Crippen LogP contribution in [0, 0.1) is 0 Å². The van der Waals surface area contributed by atoms with Crippen LogP contribution in [0.1, 0.15) is 32.5 Å². The Labute approximate surface area is 109 Å². The number of rotatable bonds is 7. The van der Waals surface area contributed by atoms with E-state index >= 15 is 0 Å². The van der Waals surface area contributed by atoms with Crippen LogP contribution >= 0.6 is 0 Å². The van der Waals surface area contributed by atoms with Crippen molar-refractivity contribution in [1.82, 2.24) is 25.4 Å². The average molecular weight is 252 g/mol. The summed E-state index contributed by atoms with van der Waals surface area (Å²) in [5, 5.41) is 14.5. The number of nitrogens with one attached hydrogen (secondary N) is 2. The van der Waals surface area contributed by atoms with Gasteiger partial charge in [0.15, 0.2) is 5.96 Å². The van der Waals surface area contributed by atoms with Crippen molar-refractivity contribution in [3.05, 3.63) is 12.2 Å². The summed E-state index contributed by atoms with van der Waals surface area (Å²) in [4.78, 5) is 4.18. The van der Waals surface area contributed by atoms with Crippen molar-refractivity contribution in [2.24, 2.45) is 4.99 Å². The fourth-order valence-electron chi connectivity index (χ4n) is 1.64. The molecule has 0 aliphatic carbocycles. The molecule has 18 heavy (non-hydrogen) atoms. The third-order valence-electron chi connectivity index (χ3n) is 2.70. The second kappa shape index (κ2) is 8.49. The first-order chi connectivity index (χ1) is 8.81. The van der Waals surface area contributed by atoms with Crippen LogP contribution in [-0.4, -0.2) is 40.9 Å². The molecule has 2 N–H and O–H groups in total. The van der Waals surface area contributed by atoms with Crippen LogP contribution < -0.4 is 10.6 Å². The number of aryl methyl sites for hydroxylation is 1. The molecule has 0 radical (unpaired) electrons. The second-order valence-electron chi connectivity index (χ2n) is 4.07. The van der Waals surface area contributed by atoms with E-state index in [1.807, 2.05) is 0 Å². The summed E-state index contributed by atoms with van der Waals surface area (Å²) in [5.41, 5.74) is 0. The molecule has 0 bridgehead atoms. The highest BCUT2D eigenvalue weighted by Gasteiger charge is 2.01. The van der Waals surface area contributed by atoms with E-state index in [4.69, 9.17) is 0 Å². The van der Waals surface area contributed by atoms with Gasteiger partial charge in [-0.2, -0.15) is 0 Å². The van der Waals surface area contributed by atoms with Crippen LogP contribution in [0.3, 0.4) is 0 Å². The summed E-state index contributed by atoms with van der Waals surface area (Å²) in [5.74, 6) is 1.88. The van der Waals surface area contributed by atoms with Crippen LogP contribution in [0.25, 0.3) is 0 Å². The Balaban J connectivity index is 2.27. The summed E-state index contributed by atoms with van der Waals surface area (Å²) < 4.78 is 2.06. The predicted octanol–water partition coefficient (Wildman–Crippen LogP) is 0.806. The summed E-state index contributed by atoms with van der Waals surface area (Å²) in [6.07, 6.45) is 5.02. The van der Waals surface area contributed by atoms with Gasteiger partial charge in [0.25, 0.3) is 0 Å². The average Bonchev–Trinajstić information content (AvgIpc) is 2.84. The Kier molecular flexibility index (Phi) is 6.83. The number of hydrogen-bond acceptors (Lipinski definition) is 3. The molecule has 0 unspecified atom stereocenters. The van der Waals surface area contributed by atoms with Gasteiger partial charge in [-0.3, -0.25) is 4.99 Å². The highest BCUT2D eigenvalue weighted by molar-refractivity contribution is 5.79. The van der Waals surface area contributed by atoms with Crippen molar-refractivity contribution in [2.45, 2.75) is 39.7 Å². The number of hydrogen-bond donors (Lipinski definition) is 2. The third-order valence-corrected chi connectivity index (χ3v) is 2.70. The predicted molar refractivity (Wildman–Crippen MR) is 73.7 cm³/mol. The molecule has 1 heterocycles. The Morgan fingerprint density at radius 1 is 1.33 bits per heavy atom. The van der Waals surface area contributed by atoms with Crippen molar-refractivity contribution in [2.75, 3.05) is 20.1 Å². The number of unbranched alkanes of at least 4 members (excludes halogenated alkanes) is 1. The van der Waals surface area contributed by atoms with Gasteiger partial charge in [-0.1, -0.05) is 20.3 Å². The van der Waals surface area contributed by atoms with Gasteiger partial charge < -0.3 is 15.2 Å². The summed E-state index contributed by atoms with van der Waals surface area (Å²) in [7, 11) is 1.79. The zero-order chi connectivity index (χ0) is 13.2. The molecule has 0 saturated carbocycles. The van der Waals surface area contributed by atoms with Crippen LogP contribution in [0.5, 0.6) is 0 Å². The van der Waals surface area contributed by atoms with Gasteiger partial charge in [-0.25, -0.2) is 0 Å². The molecular weight excluding hydrogens is 228 g/mol. The van der Waals surface area contributed by atoms with E-state index in [-0.39, 0.29) is 0 Å². The number of nitrogens with zero attached hydrogens (tertiary/aromatic N) is 4. The molecule has 6 heteroatoms. The lowest BCUT2D eigenvalue weighted by Crippen LogP contribution is -2.39. The van der Waals surface area contributed by atoms with Crippen molar-refractivity contribution < 1.29 is 0 Å². The van der Waals surface area contributed by atoms with E-state index in [2.05, 4.69) is 44.2 Å². The van der Waals surface area contributed by atoms with Gasteiger partial charge in [-0.15, -0.1) is 10.2 Å². The zero-order valence-electron chi connectivity index (χ0n) is 11.6. The Bertz CT molecular complexity index is 357. The van der Waals surface area contributed by atoms with E-state index in [1.165, 1.54) is 6.42 Å². The number of aromatic nitrogens is 3. The minimum atomic E-state index is 0.816. The molecule has 0 spiro atoms. The van der Waals surface area contributed by atoms with Gasteiger partial charge in [0, 0.05) is 33.1 Å². The Morgan fingerprint density at radius 2 is 2.11 bits per heavy atom. The third kappa shape index (κ3) is 4.73. The molecule has 102 valence electrons. The molecule has 0 aromatic carbocycles. The molecule has 0 saturated heterocycles. The lowest BCUT2D eigenvalue weighted by molar-refractivity contribution is 0.630. The molecular formula is C12H24N6. The van der Waals surface area contributed by atoms with Crippen molar-refractivity contribution in [3.8, 4) is 0 Å². The number of aliphatic imine (C=N–C) groups is 1. The minimum Gasteiger partial charge on any atom is -0.356 e. The van der Waals surface area contributed by atoms with Crippen LogP contribution in [-0.2, 0) is 13.0 Å². The molecule has 0 atom stereocenters. The lowest BCUT2D eigenvalue weighted by atomic mass is 10.3. The zero-order valence-corrected chi connectivity index (χ0v) is 11.6. The SMILES string of the molecule is CCCCNC(=NC)NCCn1cnnc1CC. The lowest BCUT2D eigenvalue weighted by Gasteiger charge is -2.12. The molecule has 0 aliphatic rings. The fourth-order valence-corrected chi connectivity index (χ4v) is 1.64. The van der Waals surface area contributed by atoms with Crippen molar-refractivity contribution in [3.63, 3.8) is 0 Å². The first-order valence-corrected chi connectivity index (χ1v) is 6.63. The molecule has 1 rings (SSSR count). The minimum absolute atomic E-state index is 0.816. The number of guanidine groups is 1. The maximum absolute atomic E-state index is 4.18. The quantitative estimate of drug-likeness (QED) is 0.428. The normalized spacial score (nSPS) is 11.6. The molecule has 1 aromatic rings. The standard InChI is InChI=1S/C12H24N6/c1-4-6-7-14-12(13-3)15-8-9-18-10-16-17-11(18)5-2/h10H,4-9H2,1-3H3,(H2,13,14,15). The van der Waals surface area contributed by atoms with Gasteiger partial charge in [0.05, 0.1) is 0 Å². The maximum atomic E-state index is 4.18. The van der Waals surface area contributed by atoms with Gasteiger partial charge >= 0.3 is 0 Å². The highest BCUT2D eigenvalue weighted by Crippen LogP contribution is 1.94. The summed E-state index contributed by atoms with van der Waals surface area (Å²) >= 11 is 0. The van der Waals surface area contributed by atoms with E-state index < -0.39 is 0 Å². The van der Waals surface area contributed by atoms with E-state index in [9.17, 15) is 0 Å². The summed E-state index contributed by atoms with van der Waals surface area (Å²) in [6, 6.07) is 0. The fraction of sp³-hybridized carbons (Fsp3) is 0.750. The van der Waals surface area contributed by atoms with Gasteiger partial charge in [0.2, 0.25) is 0 Å². The molecule has 1 aromatic heterocycles. The summed E-state index contributed by atoms with van der Waals surface area (Å²) in [6.45, 7) is 6.89. The largest absolute Gasteiger partial charge is 0.356 e. The smallest absolute Gasteiger partial charge is 0.191 e. The topological polar surface area (TPSA) is 67.1 Å². The molecule has 0 fully saturated rings. The van der Waals surface area contributed by atoms with E-state index in [1.54, 1.807) is 13.4 Å². The van der Waals surface area contributed by atoms with E-state index in [0.717, 1.165) is 44.3 Å². The van der Waals surface area contributed by atoms with Crippen molar-refractivity contribution in [1.29, 1.82) is 0 Å². The Hall–Kier alpha value is -1.59. The van der Waals surface area contributed by atoms with Crippen LogP contribution in [0.15, 0.2) is 11.3 Å². The Morgan fingerprint density at radius 3 is 2.78 bits per heavy atom. The molecule has 6 nitrogen and oxygen atoms in total. The monoisotopic (exact) mass is 252 g/mol.